The molecule has 0 saturated carbocycles. The van der Waals surface area contributed by atoms with Crippen molar-refractivity contribution in [1.29, 1.82) is 0 Å². The minimum atomic E-state index is -0.376. The highest BCUT2D eigenvalue weighted by atomic mass is 16.5. The van der Waals surface area contributed by atoms with Gasteiger partial charge in [-0.15, -0.1) is 0 Å². The summed E-state index contributed by atoms with van der Waals surface area (Å²) in [6, 6.07) is 1.69. The van der Waals surface area contributed by atoms with E-state index in [1.807, 2.05) is 6.92 Å². The highest BCUT2D eigenvalue weighted by Gasteiger charge is 2.28. The standard InChI is InChI=1S/C15H18N2O5/c1-10-12(9-22-11(2)18)16-6-5-13(10)21-8-7-17-14(19)3-4-15(17)20/h5-6H,3-4,7-9H2,1-2H3. The van der Waals surface area contributed by atoms with Crippen molar-refractivity contribution in [1.82, 2.24) is 9.88 Å². The van der Waals surface area contributed by atoms with Gasteiger partial charge in [0.1, 0.15) is 19.0 Å². The van der Waals surface area contributed by atoms with Gasteiger partial charge in [0.2, 0.25) is 11.8 Å². The quantitative estimate of drug-likeness (QED) is 0.575. The molecule has 0 radical (unpaired) electrons. The maximum atomic E-state index is 11.5. The van der Waals surface area contributed by atoms with Gasteiger partial charge in [-0.1, -0.05) is 0 Å². The van der Waals surface area contributed by atoms with Gasteiger partial charge in [0.25, 0.3) is 0 Å². The molecule has 0 aliphatic carbocycles. The molecule has 1 aliphatic heterocycles. The Morgan fingerprint density at radius 1 is 1.32 bits per heavy atom. The van der Waals surface area contributed by atoms with Crippen LogP contribution in [0.4, 0.5) is 0 Å². The summed E-state index contributed by atoms with van der Waals surface area (Å²) < 4.78 is 10.5. The largest absolute Gasteiger partial charge is 0.491 e. The third kappa shape index (κ3) is 3.81. The van der Waals surface area contributed by atoms with Gasteiger partial charge >= 0.3 is 5.97 Å². The number of imide groups is 1. The van der Waals surface area contributed by atoms with E-state index in [9.17, 15) is 14.4 Å². The van der Waals surface area contributed by atoms with Crippen LogP contribution in [0.25, 0.3) is 0 Å². The predicted molar refractivity (Wildman–Crippen MR) is 75.9 cm³/mol. The number of nitrogens with zero attached hydrogens (tertiary/aromatic N) is 2. The topological polar surface area (TPSA) is 85.8 Å². The van der Waals surface area contributed by atoms with Gasteiger partial charge in [0, 0.05) is 31.5 Å². The number of likely N-dealkylation sites (tertiary alicyclic amines) is 1. The number of carbonyl (C=O) groups is 3. The molecule has 22 heavy (non-hydrogen) atoms. The number of carbonyl (C=O) groups excluding carboxylic acids is 3. The van der Waals surface area contributed by atoms with Crippen LogP contribution in [0.15, 0.2) is 12.3 Å². The monoisotopic (exact) mass is 306 g/mol. The van der Waals surface area contributed by atoms with Crippen molar-refractivity contribution in [3.63, 3.8) is 0 Å². The van der Waals surface area contributed by atoms with Gasteiger partial charge in [0.05, 0.1) is 12.2 Å². The third-order valence-electron chi connectivity index (χ3n) is 3.40. The predicted octanol–water partition coefficient (Wildman–Crippen LogP) is 0.981. The number of ether oxygens (including phenoxy) is 2. The molecule has 2 rings (SSSR count). The van der Waals surface area contributed by atoms with Crippen LogP contribution < -0.4 is 4.74 Å². The van der Waals surface area contributed by atoms with Crippen molar-refractivity contribution >= 4 is 17.8 Å². The van der Waals surface area contributed by atoms with E-state index in [1.165, 1.54) is 11.8 Å². The van der Waals surface area contributed by atoms with Gasteiger partial charge in [-0.25, -0.2) is 0 Å². The van der Waals surface area contributed by atoms with Crippen molar-refractivity contribution in [3.8, 4) is 5.75 Å². The zero-order chi connectivity index (χ0) is 16.1. The van der Waals surface area contributed by atoms with Crippen LogP contribution in [0.5, 0.6) is 5.75 Å². The lowest BCUT2D eigenvalue weighted by Crippen LogP contribution is -2.33. The fraction of sp³-hybridized carbons (Fsp3) is 0.467. The molecule has 0 atom stereocenters. The Balaban J connectivity index is 1.92. The van der Waals surface area contributed by atoms with Crippen molar-refractivity contribution in [3.05, 3.63) is 23.5 Å². The second-order valence-electron chi connectivity index (χ2n) is 4.95. The Bertz CT molecular complexity index is 584. The summed E-state index contributed by atoms with van der Waals surface area (Å²) in [5.41, 5.74) is 1.38. The number of amides is 2. The number of hydrogen-bond acceptors (Lipinski definition) is 6. The maximum Gasteiger partial charge on any atom is 0.303 e. The first-order chi connectivity index (χ1) is 10.5. The number of aromatic nitrogens is 1. The molecule has 2 heterocycles. The van der Waals surface area contributed by atoms with E-state index in [2.05, 4.69) is 4.98 Å². The first-order valence-corrected chi connectivity index (χ1v) is 7.03. The number of hydrogen-bond donors (Lipinski definition) is 0. The van der Waals surface area contributed by atoms with Gasteiger partial charge < -0.3 is 9.47 Å². The van der Waals surface area contributed by atoms with E-state index >= 15 is 0 Å². The number of pyridine rings is 1. The second-order valence-corrected chi connectivity index (χ2v) is 4.95. The normalized spacial score (nSPS) is 14.4. The molecule has 1 fully saturated rings. The summed E-state index contributed by atoms with van der Waals surface area (Å²) in [5.74, 6) is -0.0963. The Morgan fingerprint density at radius 3 is 2.64 bits per heavy atom. The number of rotatable bonds is 6. The highest BCUT2D eigenvalue weighted by Crippen LogP contribution is 2.20. The van der Waals surface area contributed by atoms with E-state index < -0.39 is 0 Å². The molecule has 0 N–H and O–H groups in total. The lowest BCUT2D eigenvalue weighted by atomic mass is 10.2. The average molecular weight is 306 g/mol. The fourth-order valence-electron chi connectivity index (χ4n) is 2.15. The summed E-state index contributed by atoms with van der Waals surface area (Å²) in [4.78, 5) is 39.2. The third-order valence-corrected chi connectivity index (χ3v) is 3.40. The van der Waals surface area contributed by atoms with E-state index in [4.69, 9.17) is 9.47 Å². The van der Waals surface area contributed by atoms with Gasteiger partial charge in [-0.05, 0) is 13.0 Å². The lowest BCUT2D eigenvalue weighted by molar-refractivity contribution is -0.142. The smallest absolute Gasteiger partial charge is 0.303 e. The lowest BCUT2D eigenvalue weighted by Gasteiger charge is -2.16. The van der Waals surface area contributed by atoms with Gasteiger partial charge in [-0.3, -0.25) is 24.3 Å². The molecule has 1 aromatic rings. The number of esters is 1. The second kappa shape index (κ2) is 7.02. The van der Waals surface area contributed by atoms with Crippen molar-refractivity contribution in [2.45, 2.75) is 33.3 Å². The molecule has 7 heteroatoms. The molecule has 0 spiro atoms. The summed E-state index contributed by atoms with van der Waals surface area (Å²) in [6.45, 7) is 3.68. The Hall–Kier alpha value is -2.44. The summed E-state index contributed by atoms with van der Waals surface area (Å²) in [7, 11) is 0. The SMILES string of the molecule is CC(=O)OCc1nccc(OCCN2C(=O)CCC2=O)c1C. The Labute approximate surface area is 128 Å². The molecule has 7 nitrogen and oxygen atoms in total. The van der Waals surface area contributed by atoms with E-state index in [-0.39, 0.29) is 50.4 Å². The van der Waals surface area contributed by atoms with Gasteiger partial charge in [0.15, 0.2) is 0 Å². The Morgan fingerprint density at radius 2 is 2.00 bits per heavy atom. The van der Waals surface area contributed by atoms with Crippen LogP contribution in [0.3, 0.4) is 0 Å². The van der Waals surface area contributed by atoms with Crippen LogP contribution in [0.2, 0.25) is 0 Å². The molecule has 2 amide bonds. The first kappa shape index (κ1) is 15.9. The molecular weight excluding hydrogens is 288 g/mol. The van der Waals surface area contributed by atoms with Crippen LogP contribution in [-0.2, 0) is 25.7 Å². The van der Waals surface area contributed by atoms with E-state index in [0.29, 0.717) is 11.4 Å². The summed E-state index contributed by atoms with van der Waals surface area (Å²) >= 11 is 0. The molecule has 1 aromatic heterocycles. The summed E-state index contributed by atoms with van der Waals surface area (Å²) in [5, 5.41) is 0. The van der Waals surface area contributed by atoms with E-state index in [1.54, 1.807) is 12.3 Å². The maximum absolute atomic E-state index is 11.5. The van der Waals surface area contributed by atoms with E-state index in [0.717, 1.165) is 5.56 Å². The van der Waals surface area contributed by atoms with Crippen molar-refractivity contribution in [2.75, 3.05) is 13.2 Å². The molecule has 0 bridgehead atoms. The molecular formula is C15H18N2O5. The van der Waals surface area contributed by atoms with Crippen LogP contribution in [0, 0.1) is 6.92 Å². The van der Waals surface area contributed by atoms with Crippen molar-refractivity contribution < 1.29 is 23.9 Å². The molecule has 1 aliphatic rings. The zero-order valence-corrected chi connectivity index (χ0v) is 12.6. The molecule has 0 aromatic carbocycles. The minimum Gasteiger partial charge on any atom is -0.491 e. The summed E-state index contributed by atoms with van der Waals surface area (Å²) in [6.07, 6.45) is 2.12. The average Bonchev–Trinajstić information content (AvgIpc) is 2.79. The first-order valence-electron chi connectivity index (χ1n) is 7.03. The van der Waals surface area contributed by atoms with Crippen molar-refractivity contribution in [2.24, 2.45) is 0 Å². The Kier molecular flexibility index (Phi) is 5.08. The van der Waals surface area contributed by atoms with Crippen LogP contribution in [0.1, 0.15) is 31.0 Å². The molecule has 0 unspecified atom stereocenters. The fourth-order valence-corrected chi connectivity index (χ4v) is 2.15. The molecule has 1 saturated heterocycles. The highest BCUT2D eigenvalue weighted by molar-refractivity contribution is 6.01. The zero-order valence-electron chi connectivity index (χ0n) is 12.6. The molecule has 118 valence electrons. The van der Waals surface area contributed by atoms with Gasteiger partial charge in [-0.2, -0.15) is 0 Å². The minimum absolute atomic E-state index is 0.0848. The van der Waals surface area contributed by atoms with Crippen LogP contribution in [-0.4, -0.2) is 40.8 Å². The van der Waals surface area contributed by atoms with Crippen LogP contribution >= 0.6 is 0 Å².